The van der Waals surface area contributed by atoms with E-state index < -0.39 is 0 Å². The van der Waals surface area contributed by atoms with Crippen LogP contribution in [0.5, 0.6) is 5.75 Å². The first-order valence-corrected chi connectivity index (χ1v) is 6.78. The summed E-state index contributed by atoms with van der Waals surface area (Å²) >= 11 is 0. The summed E-state index contributed by atoms with van der Waals surface area (Å²) in [5, 5.41) is 9.69. The molecule has 1 aromatic carbocycles. The summed E-state index contributed by atoms with van der Waals surface area (Å²) in [5.41, 5.74) is 0. The highest BCUT2D eigenvalue weighted by molar-refractivity contribution is 5.95. The smallest absolute Gasteiger partial charge is 0.152 e. The number of benzene rings is 1. The molecule has 0 amide bonds. The van der Waals surface area contributed by atoms with E-state index in [1.165, 1.54) is 0 Å². The predicted octanol–water partition coefficient (Wildman–Crippen LogP) is 2.03. The van der Waals surface area contributed by atoms with Crippen LogP contribution in [0.2, 0.25) is 0 Å². The fourth-order valence-electron chi connectivity index (χ4n) is 2.29. The van der Waals surface area contributed by atoms with Crippen molar-refractivity contribution in [2.45, 2.75) is 6.42 Å². The molecular weight excluding hydrogens is 266 g/mol. The lowest BCUT2D eigenvalue weighted by Crippen LogP contribution is -2.08. The molecule has 0 aliphatic heterocycles. The highest BCUT2D eigenvalue weighted by Crippen LogP contribution is 2.28. The highest BCUT2D eigenvalue weighted by atomic mass is 16.5. The molecule has 0 saturated heterocycles. The van der Waals surface area contributed by atoms with Crippen LogP contribution in [0, 0.1) is 0 Å². The number of rotatable bonds is 5. The Hall–Kier alpha value is -2.63. The Morgan fingerprint density at radius 3 is 2.86 bits per heavy atom. The third-order valence-electron chi connectivity index (χ3n) is 3.27. The van der Waals surface area contributed by atoms with E-state index in [0.29, 0.717) is 0 Å². The zero-order valence-electron chi connectivity index (χ0n) is 12.1. The molecule has 0 aliphatic carbocycles. The van der Waals surface area contributed by atoms with Crippen LogP contribution in [0.4, 0.5) is 5.82 Å². The Kier molecular flexibility index (Phi) is 3.68. The molecule has 0 fully saturated rings. The van der Waals surface area contributed by atoms with Gasteiger partial charge < -0.3 is 10.1 Å². The fraction of sp³-hybridized carbons (Fsp3) is 0.267. The number of hydrogen-bond donors (Lipinski definition) is 1. The van der Waals surface area contributed by atoms with E-state index in [0.717, 1.165) is 41.1 Å². The predicted molar refractivity (Wildman–Crippen MR) is 81.5 cm³/mol. The molecule has 3 rings (SSSR count). The highest BCUT2D eigenvalue weighted by Gasteiger charge is 2.06. The maximum absolute atomic E-state index is 5.38. The van der Waals surface area contributed by atoms with E-state index in [4.69, 9.17) is 4.74 Å². The Morgan fingerprint density at radius 2 is 2.10 bits per heavy atom. The summed E-state index contributed by atoms with van der Waals surface area (Å²) in [6.45, 7) is 0.730. The average Bonchev–Trinajstić information content (AvgIpc) is 2.92. The lowest BCUT2D eigenvalue weighted by atomic mass is 10.1. The minimum Gasteiger partial charge on any atom is -0.496 e. The van der Waals surface area contributed by atoms with Gasteiger partial charge in [-0.05, 0) is 12.1 Å². The van der Waals surface area contributed by atoms with Crippen molar-refractivity contribution in [3.05, 3.63) is 42.6 Å². The molecule has 6 nitrogen and oxygen atoms in total. The number of nitrogens with zero attached hydrogens (tertiary/aromatic N) is 4. The number of nitrogens with one attached hydrogen (secondary N) is 1. The van der Waals surface area contributed by atoms with Crippen molar-refractivity contribution in [2.24, 2.45) is 7.05 Å². The minimum atomic E-state index is 0.730. The van der Waals surface area contributed by atoms with Gasteiger partial charge in [-0.15, -0.1) is 0 Å². The number of hydrogen-bond acceptors (Lipinski definition) is 5. The number of aryl methyl sites for hydroxylation is 1. The van der Waals surface area contributed by atoms with Crippen molar-refractivity contribution in [1.29, 1.82) is 0 Å². The largest absolute Gasteiger partial charge is 0.496 e. The fourth-order valence-corrected chi connectivity index (χ4v) is 2.29. The summed E-state index contributed by atoms with van der Waals surface area (Å²) in [4.78, 5) is 8.61. The van der Waals surface area contributed by atoms with E-state index in [-0.39, 0.29) is 0 Å². The maximum Gasteiger partial charge on any atom is 0.152 e. The molecular formula is C15H17N5O. The molecule has 2 heterocycles. The second-order valence-corrected chi connectivity index (χ2v) is 4.73. The van der Waals surface area contributed by atoms with Gasteiger partial charge in [-0.3, -0.25) is 4.68 Å². The average molecular weight is 283 g/mol. The van der Waals surface area contributed by atoms with Crippen molar-refractivity contribution < 1.29 is 4.74 Å². The first-order valence-electron chi connectivity index (χ1n) is 6.78. The van der Waals surface area contributed by atoms with Gasteiger partial charge in [0.2, 0.25) is 0 Å². The number of fused-ring (bicyclic) bond motifs is 1. The van der Waals surface area contributed by atoms with E-state index in [2.05, 4.69) is 20.4 Å². The van der Waals surface area contributed by atoms with Gasteiger partial charge in [-0.25, -0.2) is 9.97 Å². The monoisotopic (exact) mass is 283 g/mol. The molecule has 0 unspecified atom stereocenters. The van der Waals surface area contributed by atoms with Gasteiger partial charge in [-0.2, -0.15) is 5.10 Å². The summed E-state index contributed by atoms with van der Waals surface area (Å²) in [7, 11) is 3.54. The second kappa shape index (κ2) is 5.78. The molecule has 0 radical (unpaired) electrons. The van der Waals surface area contributed by atoms with Gasteiger partial charge in [0.1, 0.15) is 17.9 Å². The summed E-state index contributed by atoms with van der Waals surface area (Å²) in [6, 6.07) is 7.91. The van der Waals surface area contributed by atoms with Crippen LogP contribution in [0.25, 0.3) is 10.8 Å². The summed E-state index contributed by atoms with van der Waals surface area (Å²) < 4.78 is 7.09. The molecule has 2 aromatic heterocycles. The Morgan fingerprint density at radius 1 is 1.19 bits per heavy atom. The SMILES string of the molecule is COc1cccc2c(NCCc3ncn(C)n3)nccc12. The van der Waals surface area contributed by atoms with E-state index in [1.54, 1.807) is 24.3 Å². The van der Waals surface area contributed by atoms with Crippen LogP contribution in [-0.2, 0) is 13.5 Å². The first kappa shape index (κ1) is 13.4. The molecule has 0 saturated carbocycles. The number of methoxy groups -OCH3 is 1. The van der Waals surface area contributed by atoms with E-state index in [9.17, 15) is 0 Å². The zero-order valence-corrected chi connectivity index (χ0v) is 12.1. The summed E-state index contributed by atoms with van der Waals surface area (Å²) in [6.07, 6.45) is 4.24. The number of pyridine rings is 1. The summed E-state index contributed by atoms with van der Waals surface area (Å²) in [5.74, 6) is 2.52. The number of ether oxygens (including phenoxy) is 1. The second-order valence-electron chi connectivity index (χ2n) is 4.73. The lowest BCUT2D eigenvalue weighted by molar-refractivity contribution is 0.420. The van der Waals surface area contributed by atoms with Crippen LogP contribution in [-0.4, -0.2) is 33.4 Å². The van der Waals surface area contributed by atoms with Gasteiger partial charge in [0.15, 0.2) is 5.82 Å². The molecule has 0 bridgehead atoms. The molecule has 3 aromatic rings. The van der Waals surface area contributed by atoms with Gasteiger partial charge in [0.05, 0.1) is 7.11 Å². The van der Waals surface area contributed by atoms with Gasteiger partial charge in [-0.1, -0.05) is 12.1 Å². The van der Waals surface area contributed by atoms with E-state index in [1.807, 2.05) is 31.3 Å². The van der Waals surface area contributed by atoms with E-state index >= 15 is 0 Å². The van der Waals surface area contributed by atoms with Crippen LogP contribution in [0.1, 0.15) is 5.82 Å². The Labute approximate surface area is 122 Å². The molecule has 6 heteroatoms. The van der Waals surface area contributed by atoms with Gasteiger partial charge >= 0.3 is 0 Å². The zero-order chi connectivity index (χ0) is 14.7. The number of anilines is 1. The van der Waals surface area contributed by atoms with Crippen molar-refractivity contribution in [2.75, 3.05) is 19.0 Å². The Bertz CT molecular complexity index is 753. The third kappa shape index (κ3) is 2.79. The van der Waals surface area contributed by atoms with Crippen molar-refractivity contribution in [1.82, 2.24) is 19.7 Å². The molecule has 0 aliphatic rings. The molecule has 0 atom stereocenters. The number of aromatic nitrogens is 4. The maximum atomic E-state index is 5.38. The van der Waals surface area contributed by atoms with Gasteiger partial charge in [0, 0.05) is 37.0 Å². The lowest BCUT2D eigenvalue weighted by Gasteiger charge is -2.10. The minimum absolute atomic E-state index is 0.730. The van der Waals surface area contributed by atoms with Crippen LogP contribution in [0.3, 0.4) is 0 Å². The topological polar surface area (TPSA) is 64.9 Å². The molecule has 1 N–H and O–H groups in total. The standard InChI is InChI=1S/C15H17N5O/c1-20-10-18-14(19-20)7-9-17-15-12-4-3-5-13(21-2)11(12)6-8-16-15/h3-6,8,10H,7,9H2,1-2H3,(H,16,17). The van der Waals surface area contributed by atoms with Crippen molar-refractivity contribution in [3.63, 3.8) is 0 Å². The quantitative estimate of drug-likeness (QED) is 0.776. The van der Waals surface area contributed by atoms with Crippen LogP contribution in [0.15, 0.2) is 36.8 Å². The first-order chi connectivity index (χ1) is 10.3. The van der Waals surface area contributed by atoms with Crippen molar-refractivity contribution >= 4 is 16.6 Å². The third-order valence-corrected chi connectivity index (χ3v) is 3.27. The Balaban J connectivity index is 1.77. The van der Waals surface area contributed by atoms with Crippen molar-refractivity contribution in [3.8, 4) is 5.75 Å². The normalized spacial score (nSPS) is 10.8. The molecule has 21 heavy (non-hydrogen) atoms. The van der Waals surface area contributed by atoms with Gasteiger partial charge in [0.25, 0.3) is 0 Å². The molecule has 108 valence electrons. The van der Waals surface area contributed by atoms with Crippen LogP contribution >= 0.6 is 0 Å². The van der Waals surface area contributed by atoms with Crippen LogP contribution < -0.4 is 10.1 Å². The molecule has 0 spiro atoms.